The monoisotopic (exact) mass is 277 g/mol. The van der Waals surface area contributed by atoms with E-state index in [9.17, 15) is 15.3 Å². The number of rotatable bonds is 5. The summed E-state index contributed by atoms with van der Waals surface area (Å²) in [6, 6.07) is 0. The molecule has 0 spiro atoms. The van der Waals surface area contributed by atoms with E-state index in [2.05, 4.69) is 17.5 Å². The molecule has 0 saturated carbocycles. The van der Waals surface area contributed by atoms with Crippen molar-refractivity contribution in [2.24, 2.45) is 5.10 Å². The Morgan fingerprint density at radius 3 is 2.58 bits per heavy atom. The summed E-state index contributed by atoms with van der Waals surface area (Å²) in [5.74, 6) is 0.192. The Balaban J connectivity index is 2.58. The largest absolute Gasteiger partial charge is 0.447 e. The number of aliphatic hydroxyl groups is 4. The zero-order chi connectivity index (χ0) is 14.4. The first-order chi connectivity index (χ1) is 9.01. The SMILES string of the molecule is [CH2]CCNN=C(C)O[C@H]1O[C@H](CO)[C@H](O)[C@H](O)[C@H]1O. The molecule has 1 aliphatic heterocycles. The van der Waals surface area contributed by atoms with Gasteiger partial charge in [-0.25, -0.2) is 0 Å². The maximum Gasteiger partial charge on any atom is 0.230 e. The molecule has 1 aliphatic rings. The first kappa shape index (κ1) is 16.1. The zero-order valence-electron chi connectivity index (χ0n) is 10.8. The minimum Gasteiger partial charge on any atom is -0.447 e. The van der Waals surface area contributed by atoms with Crippen LogP contribution >= 0.6 is 0 Å². The molecule has 0 aliphatic carbocycles. The molecule has 1 saturated heterocycles. The van der Waals surface area contributed by atoms with Crippen LogP contribution < -0.4 is 5.43 Å². The molecule has 5 atom stereocenters. The maximum atomic E-state index is 9.71. The summed E-state index contributed by atoms with van der Waals surface area (Å²) >= 11 is 0. The van der Waals surface area contributed by atoms with Gasteiger partial charge in [0.15, 0.2) is 0 Å². The fourth-order valence-electron chi connectivity index (χ4n) is 1.61. The van der Waals surface area contributed by atoms with E-state index in [-0.39, 0.29) is 5.90 Å². The van der Waals surface area contributed by atoms with E-state index in [0.717, 1.165) is 0 Å². The van der Waals surface area contributed by atoms with E-state index in [0.29, 0.717) is 13.0 Å². The lowest BCUT2D eigenvalue weighted by atomic mass is 9.99. The van der Waals surface area contributed by atoms with Crippen LogP contribution in [-0.2, 0) is 9.47 Å². The molecule has 1 radical (unpaired) electrons. The first-order valence-corrected chi connectivity index (χ1v) is 6.04. The number of nitrogens with zero attached hydrogens (tertiary/aromatic N) is 1. The van der Waals surface area contributed by atoms with Crippen molar-refractivity contribution in [2.75, 3.05) is 13.2 Å². The van der Waals surface area contributed by atoms with Crippen molar-refractivity contribution in [1.82, 2.24) is 5.43 Å². The Kier molecular flexibility index (Phi) is 6.46. The predicted octanol–water partition coefficient (Wildman–Crippen LogP) is -2.05. The van der Waals surface area contributed by atoms with Crippen LogP contribution in [0.5, 0.6) is 0 Å². The van der Waals surface area contributed by atoms with Gasteiger partial charge in [-0.15, -0.1) is 5.10 Å². The van der Waals surface area contributed by atoms with E-state index >= 15 is 0 Å². The van der Waals surface area contributed by atoms with Gasteiger partial charge in [-0.1, -0.05) is 6.92 Å². The standard InChI is InChI=1S/C11H21N2O6/c1-3-4-12-13-6(2)18-11-10(17)9(16)8(15)7(5-14)19-11/h7-12,14-17H,1,3-5H2,2H3/t7-,8+,9+,10-,11+/m1/s1. The zero-order valence-corrected chi connectivity index (χ0v) is 10.8. The molecule has 0 unspecified atom stereocenters. The lowest BCUT2D eigenvalue weighted by Gasteiger charge is -2.39. The van der Waals surface area contributed by atoms with E-state index in [1.54, 1.807) is 0 Å². The van der Waals surface area contributed by atoms with Crippen LogP contribution in [0.2, 0.25) is 0 Å². The number of aliphatic hydroxyl groups excluding tert-OH is 4. The second kappa shape index (κ2) is 7.61. The summed E-state index contributed by atoms with van der Waals surface area (Å²) in [6.45, 7) is 5.23. The molecule has 0 aromatic carbocycles. The summed E-state index contributed by atoms with van der Waals surface area (Å²) in [6.07, 6.45) is -5.85. The molecule has 1 fully saturated rings. The summed E-state index contributed by atoms with van der Waals surface area (Å²) in [5.41, 5.74) is 2.69. The highest BCUT2D eigenvalue weighted by atomic mass is 16.7. The van der Waals surface area contributed by atoms with Crippen molar-refractivity contribution in [1.29, 1.82) is 0 Å². The van der Waals surface area contributed by atoms with Gasteiger partial charge in [0.2, 0.25) is 12.2 Å². The molecule has 8 nitrogen and oxygen atoms in total. The van der Waals surface area contributed by atoms with Gasteiger partial charge in [-0.05, 0) is 6.42 Å². The minimum absolute atomic E-state index is 0.192. The highest BCUT2D eigenvalue weighted by Gasteiger charge is 2.44. The van der Waals surface area contributed by atoms with Gasteiger partial charge >= 0.3 is 0 Å². The van der Waals surface area contributed by atoms with Crippen LogP contribution in [0.15, 0.2) is 5.10 Å². The Hall–Kier alpha value is -0.930. The molecule has 1 rings (SSSR count). The third kappa shape index (κ3) is 4.29. The molecule has 19 heavy (non-hydrogen) atoms. The van der Waals surface area contributed by atoms with Gasteiger partial charge < -0.3 is 35.3 Å². The van der Waals surface area contributed by atoms with Gasteiger partial charge in [0.05, 0.1) is 6.61 Å². The summed E-state index contributed by atoms with van der Waals surface area (Å²) in [5, 5.41) is 41.7. The van der Waals surface area contributed by atoms with Crippen molar-refractivity contribution in [3.05, 3.63) is 6.92 Å². The van der Waals surface area contributed by atoms with E-state index in [1.165, 1.54) is 6.92 Å². The average Bonchev–Trinajstić information content (AvgIpc) is 2.39. The Bertz CT molecular complexity index is 299. The number of hydrogen-bond donors (Lipinski definition) is 5. The first-order valence-electron chi connectivity index (χ1n) is 6.04. The van der Waals surface area contributed by atoms with Gasteiger partial charge in [0.25, 0.3) is 0 Å². The maximum absolute atomic E-state index is 9.71. The number of hydrazone groups is 1. The fourth-order valence-corrected chi connectivity index (χ4v) is 1.61. The van der Waals surface area contributed by atoms with Gasteiger partial charge in [0, 0.05) is 13.5 Å². The molecular formula is C11H21N2O6. The molecule has 1 heterocycles. The van der Waals surface area contributed by atoms with Crippen LogP contribution in [-0.4, -0.2) is 70.2 Å². The predicted molar refractivity (Wildman–Crippen MR) is 65.9 cm³/mol. The molecule has 0 bridgehead atoms. The second-order valence-electron chi connectivity index (χ2n) is 4.21. The fraction of sp³-hybridized carbons (Fsp3) is 0.818. The normalized spacial score (nSPS) is 36.1. The van der Waals surface area contributed by atoms with Crippen molar-refractivity contribution >= 4 is 5.90 Å². The van der Waals surface area contributed by atoms with Crippen LogP contribution in [0.25, 0.3) is 0 Å². The van der Waals surface area contributed by atoms with Crippen LogP contribution in [0.4, 0.5) is 0 Å². The Morgan fingerprint density at radius 1 is 1.32 bits per heavy atom. The molecule has 8 heteroatoms. The molecule has 111 valence electrons. The smallest absolute Gasteiger partial charge is 0.230 e. The van der Waals surface area contributed by atoms with Crippen LogP contribution in [0, 0.1) is 6.92 Å². The number of nitrogens with one attached hydrogen (secondary N) is 1. The van der Waals surface area contributed by atoms with E-state index in [1.807, 2.05) is 0 Å². The lowest BCUT2D eigenvalue weighted by molar-refractivity contribution is -0.281. The summed E-state index contributed by atoms with van der Waals surface area (Å²) in [7, 11) is 0. The van der Waals surface area contributed by atoms with Gasteiger partial charge in [-0.2, -0.15) is 0 Å². The third-order valence-electron chi connectivity index (χ3n) is 2.66. The minimum atomic E-state index is -1.46. The van der Waals surface area contributed by atoms with Gasteiger partial charge in [0.1, 0.15) is 24.4 Å². The van der Waals surface area contributed by atoms with Gasteiger partial charge in [-0.3, -0.25) is 0 Å². The molecule has 0 amide bonds. The Morgan fingerprint density at radius 2 is 2.00 bits per heavy atom. The Labute approximate surface area is 111 Å². The highest BCUT2D eigenvalue weighted by molar-refractivity contribution is 5.72. The van der Waals surface area contributed by atoms with Crippen LogP contribution in [0.1, 0.15) is 13.3 Å². The van der Waals surface area contributed by atoms with E-state index in [4.69, 9.17) is 14.6 Å². The highest BCUT2D eigenvalue weighted by Crippen LogP contribution is 2.21. The average molecular weight is 277 g/mol. The number of ether oxygens (including phenoxy) is 2. The van der Waals surface area contributed by atoms with E-state index < -0.39 is 37.3 Å². The quantitative estimate of drug-likeness (QED) is 0.170. The lowest BCUT2D eigenvalue weighted by Crippen LogP contribution is -2.59. The van der Waals surface area contributed by atoms with Crippen molar-refractivity contribution in [3.63, 3.8) is 0 Å². The molecule has 0 aromatic heterocycles. The van der Waals surface area contributed by atoms with Crippen molar-refractivity contribution in [3.8, 4) is 0 Å². The number of hydrogen-bond acceptors (Lipinski definition) is 8. The summed E-state index contributed by atoms with van der Waals surface area (Å²) < 4.78 is 10.4. The van der Waals surface area contributed by atoms with Crippen LogP contribution in [0.3, 0.4) is 0 Å². The summed E-state index contributed by atoms with van der Waals surface area (Å²) in [4.78, 5) is 0. The molecule has 5 N–H and O–H groups in total. The second-order valence-corrected chi connectivity index (χ2v) is 4.21. The van der Waals surface area contributed by atoms with Crippen molar-refractivity contribution in [2.45, 2.75) is 44.1 Å². The third-order valence-corrected chi connectivity index (χ3v) is 2.66. The van der Waals surface area contributed by atoms with Crippen molar-refractivity contribution < 1.29 is 29.9 Å². The molecule has 0 aromatic rings. The topological polar surface area (TPSA) is 124 Å². The molecular weight excluding hydrogens is 256 g/mol.